The van der Waals surface area contributed by atoms with E-state index in [-0.39, 0.29) is 5.91 Å². The van der Waals surface area contributed by atoms with Crippen LogP contribution >= 0.6 is 11.6 Å². The average molecular weight is 464 g/mol. The molecule has 1 N–H and O–H groups in total. The standard InChI is InChI=1S/C23H30ClN3O3S/c1-3-22(27(31(2,29)30)21-12-10-20(24)11-13-21)23(28)25-16-18-8-4-5-9-19(18)17-26-14-6-7-15-26/h4-5,8-13,22H,3,6-7,14-17H2,1-2H3,(H,25,28)/t22-/m0/s1. The zero-order valence-electron chi connectivity index (χ0n) is 18.1. The van der Waals surface area contributed by atoms with Crippen molar-refractivity contribution in [3.63, 3.8) is 0 Å². The third-order valence-electron chi connectivity index (χ3n) is 5.57. The van der Waals surface area contributed by atoms with Gasteiger partial charge in [0.25, 0.3) is 0 Å². The Kier molecular flexibility index (Phi) is 7.97. The molecule has 3 rings (SSSR count). The van der Waals surface area contributed by atoms with Crippen LogP contribution in [0, 0.1) is 0 Å². The van der Waals surface area contributed by atoms with Crippen molar-refractivity contribution in [3.8, 4) is 0 Å². The molecule has 0 spiro atoms. The fourth-order valence-electron chi connectivity index (χ4n) is 4.01. The quantitative estimate of drug-likeness (QED) is 0.614. The van der Waals surface area contributed by atoms with E-state index in [4.69, 9.17) is 11.6 Å². The molecule has 168 valence electrons. The first-order valence-corrected chi connectivity index (χ1v) is 12.8. The Balaban J connectivity index is 1.75. The molecule has 1 fully saturated rings. The molecule has 1 saturated heterocycles. The fourth-order valence-corrected chi connectivity index (χ4v) is 5.35. The predicted molar refractivity (Wildman–Crippen MR) is 126 cm³/mol. The van der Waals surface area contributed by atoms with E-state index < -0.39 is 16.1 Å². The van der Waals surface area contributed by atoms with Gasteiger partial charge in [-0.05, 0) is 67.7 Å². The van der Waals surface area contributed by atoms with Gasteiger partial charge in [-0.3, -0.25) is 14.0 Å². The van der Waals surface area contributed by atoms with Crippen molar-refractivity contribution in [3.05, 3.63) is 64.7 Å². The second-order valence-electron chi connectivity index (χ2n) is 7.93. The van der Waals surface area contributed by atoms with Gasteiger partial charge in [0.05, 0.1) is 11.9 Å². The molecule has 31 heavy (non-hydrogen) atoms. The van der Waals surface area contributed by atoms with E-state index in [9.17, 15) is 13.2 Å². The summed E-state index contributed by atoms with van der Waals surface area (Å²) in [6, 6.07) is 13.7. The topological polar surface area (TPSA) is 69.7 Å². The first kappa shape index (κ1) is 23.6. The first-order chi connectivity index (χ1) is 14.8. The zero-order valence-corrected chi connectivity index (χ0v) is 19.6. The second kappa shape index (κ2) is 10.5. The Morgan fingerprint density at radius 3 is 2.29 bits per heavy atom. The Labute approximate surface area is 190 Å². The summed E-state index contributed by atoms with van der Waals surface area (Å²) in [6.07, 6.45) is 3.91. The summed E-state index contributed by atoms with van der Waals surface area (Å²) in [4.78, 5) is 15.5. The number of nitrogens with zero attached hydrogens (tertiary/aromatic N) is 2. The lowest BCUT2D eigenvalue weighted by molar-refractivity contribution is -0.122. The van der Waals surface area contributed by atoms with Crippen molar-refractivity contribution in [2.24, 2.45) is 0 Å². The van der Waals surface area contributed by atoms with E-state index in [1.807, 2.05) is 18.2 Å². The van der Waals surface area contributed by atoms with Crippen molar-refractivity contribution < 1.29 is 13.2 Å². The summed E-state index contributed by atoms with van der Waals surface area (Å²) in [6.45, 7) is 5.23. The minimum atomic E-state index is -3.67. The van der Waals surface area contributed by atoms with E-state index in [1.54, 1.807) is 31.2 Å². The summed E-state index contributed by atoms with van der Waals surface area (Å²) < 4.78 is 26.3. The predicted octanol–water partition coefficient (Wildman–Crippen LogP) is 3.80. The third-order valence-corrected chi connectivity index (χ3v) is 7.01. The van der Waals surface area contributed by atoms with Crippen molar-refractivity contribution in [2.45, 2.75) is 45.3 Å². The highest BCUT2D eigenvalue weighted by Crippen LogP contribution is 2.24. The number of hydrogen-bond donors (Lipinski definition) is 1. The van der Waals surface area contributed by atoms with Crippen LogP contribution in [-0.2, 0) is 27.9 Å². The van der Waals surface area contributed by atoms with Gasteiger partial charge in [0.15, 0.2) is 0 Å². The number of carbonyl (C=O) groups excluding carboxylic acids is 1. The van der Waals surface area contributed by atoms with E-state index in [2.05, 4.69) is 16.3 Å². The molecule has 1 heterocycles. The molecule has 8 heteroatoms. The fraction of sp³-hybridized carbons (Fsp3) is 0.435. The summed E-state index contributed by atoms with van der Waals surface area (Å²) in [5.41, 5.74) is 2.66. The Morgan fingerprint density at radius 1 is 1.10 bits per heavy atom. The van der Waals surface area contributed by atoms with Gasteiger partial charge in [0, 0.05) is 18.1 Å². The number of rotatable bonds is 9. The van der Waals surface area contributed by atoms with Gasteiger partial charge in [-0.15, -0.1) is 0 Å². The molecule has 0 unspecified atom stereocenters. The lowest BCUT2D eigenvalue weighted by Gasteiger charge is -2.30. The summed E-state index contributed by atoms with van der Waals surface area (Å²) >= 11 is 5.95. The Bertz CT molecular complexity index is 989. The van der Waals surface area contributed by atoms with Crippen LogP contribution in [0.4, 0.5) is 5.69 Å². The highest BCUT2D eigenvalue weighted by atomic mass is 35.5. The molecule has 6 nitrogen and oxygen atoms in total. The molecule has 0 bridgehead atoms. The molecular weight excluding hydrogens is 434 g/mol. The van der Waals surface area contributed by atoms with Gasteiger partial charge >= 0.3 is 0 Å². The Morgan fingerprint density at radius 2 is 1.71 bits per heavy atom. The number of hydrogen-bond acceptors (Lipinski definition) is 4. The SMILES string of the molecule is CC[C@@H](C(=O)NCc1ccccc1CN1CCCC1)N(c1ccc(Cl)cc1)S(C)(=O)=O. The van der Waals surface area contributed by atoms with Crippen molar-refractivity contribution in [1.82, 2.24) is 10.2 Å². The van der Waals surface area contributed by atoms with Crippen LogP contribution in [0.25, 0.3) is 0 Å². The Hall–Kier alpha value is -2.09. The lowest BCUT2D eigenvalue weighted by Crippen LogP contribution is -2.49. The third kappa shape index (κ3) is 6.21. The zero-order chi connectivity index (χ0) is 22.4. The number of halogens is 1. The van der Waals surface area contributed by atoms with E-state index in [0.717, 1.165) is 31.5 Å². The summed E-state index contributed by atoms with van der Waals surface area (Å²) in [5.74, 6) is -0.321. The molecule has 0 aromatic heterocycles. The molecule has 1 aliphatic rings. The van der Waals surface area contributed by atoms with E-state index in [0.29, 0.717) is 23.7 Å². The number of carbonyl (C=O) groups is 1. The molecule has 0 aliphatic carbocycles. The number of benzene rings is 2. The van der Waals surface area contributed by atoms with E-state index in [1.165, 1.54) is 22.7 Å². The molecule has 2 aromatic carbocycles. The molecule has 1 aliphatic heterocycles. The number of amides is 1. The van der Waals surface area contributed by atoms with Crippen LogP contribution in [0.15, 0.2) is 48.5 Å². The smallest absolute Gasteiger partial charge is 0.244 e. The molecule has 1 atom stereocenters. The van der Waals surface area contributed by atoms with Crippen LogP contribution in [0.1, 0.15) is 37.3 Å². The molecule has 0 radical (unpaired) electrons. The molecule has 0 saturated carbocycles. The number of nitrogens with one attached hydrogen (secondary N) is 1. The van der Waals surface area contributed by atoms with Crippen LogP contribution in [0.3, 0.4) is 0 Å². The maximum absolute atomic E-state index is 13.1. The summed E-state index contributed by atoms with van der Waals surface area (Å²) in [7, 11) is -3.67. The molecular formula is C23H30ClN3O3S. The molecule has 1 amide bonds. The highest BCUT2D eigenvalue weighted by Gasteiger charge is 2.31. The van der Waals surface area contributed by atoms with Crippen molar-refractivity contribution >= 4 is 33.2 Å². The van der Waals surface area contributed by atoms with Crippen molar-refractivity contribution in [2.75, 3.05) is 23.7 Å². The van der Waals surface area contributed by atoms with Gasteiger partial charge in [-0.1, -0.05) is 42.8 Å². The lowest BCUT2D eigenvalue weighted by atomic mass is 10.1. The van der Waals surface area contributed by atoms with Gasteiger partial charge < -0.3 is 5.32 Å². The maximum atomic E-state index is 13.1. The van der Waals surface area contributed by atoms with Gasteiger partial charge in [-0.25, -0.2) is 8.42 Å². The number of anilines is 1. The monoisotopic (exact) mass is 463 g/mol. The van der Waals surface area contributed by atoms with Crippen LogP contribution in [0.2, 0.25) is 5.02 Å². The van der Waals surface area contributed by atoms with Crippen LogP contribution in [-0.4, -0.2) is 44.6 Å². The van der Waals surface area contributed by atoms with Crippen molar-refractivity contribution in [1.29, 1.82) is 0 Å². The van der Waals surface area contributed by atoms with Gasteiger partial charge in [-0.2, -0.15) is 0 Å². The van der Waals surface area contributed by atoms with Gasteiger partial charge in [0.2, 0.25) is 15.9 Å². The maximum Gasteiger partial charge on any atom is 0.244 e. The largest absolute Gasteiger partial charge is 0.350 e. The van der Waals surface area contributed by atoms with Crippen LogP contribution < -0.4 is 9.62 Å². The second-order valence-corrected chi connectivity index (χ2v) is 10.2. The summed E-state index contributed by atoms with van der Waals surface area (Å²) in [5, 5.41) is 3.46. The highest BCUT2D eigenvalue weighted by molar-refractivity contribution is 7.92. The normalized spacial score (nSPS) is 15.6. The average Bonchev–Trinajstić information content (AvgIpc) is 3.24. The van der Waals surface area contributed by atoms with Crippen LogP contribution in [0.5, 0.6) is 0 Å². The minimum absolute atomic E-state index is 0.321. The number of likely N-dealkylation sites (tertiary alicyclic amines) is 1. The van der Waals surface area contributed by atoms with Gasteiger partial charge in [0.1, 0.15) is 6.04 Å². The number of sulfonamides is 1. The minimum Gasteiger partial charge on any atom is -0.350 e. The molecule has 2 aromatic rings. The first-order valence-electron chi connectivity index (χ1n) is 10.6. The van der Waals surface area contributed by atoms with E-state index >= 15 is 0 Å².